The molecular weight excluding hydrogens is 362 g/mol. The maximum absolute atomic E-state index is 12.4. The molecule has 2 aromatic carbocycles. The summed E-state index contributed by atoms with van der Waals surface area (Å²) in [5.41, 5.74) is 4.65. The summed E-state index contributed by atoms with van der Waals surface area (Å²) in [5, 5.41) is 2.00. The number of benzene rings is 2. The van der Waals surface area contributed by atoms with Crippen LogP contribution in [0.2, 0.25) is 0 Å². The van der Waals surface area contributed by atoms with Crippen molar-refractivity contribution >= 4 is 11.6 Å². The molecule has 4 rings (SSSR count). The van der Waals surface area contributed by atoms with Gasteiger partial charge in [0.1, 0.15) is 5.75 Å². The van der Waals surface area contributed by atoms with Gasteiger partial charge in [0.25, 0.3) is 0 Å². The Balaban J connectivity index is 1.69. The van der Waals surface area contributed by atoms with Crippen LogP contribution in [-0.4, -0.2) is 31.6 Å². The molecule has 154 valence electrons. The molecule has 0 bridgehead atoms. The Bertz CT molecular complexity index is 868. The van der Waals surface area contributed by atoms with Crippen molar-refractivity contribution in [2.75, 3.05) is 25.6 Å². The Morgan fingerprint density at radius 3 is 2.69 bits per heavy atom. The second kappa shape index (κ2) is 8.56. The highest BCUT2D eigenvalue weighted by Crippen LogP contribution is 2.40. The van der Waals surface area contributed by atoms with E-state index >= 15 is 0 Å². The number of piperidine rings is 1. The molecule has 2 aliphatic rings. The number of hydrogen-bond acceptors (Lipinski definition) is 4. The monoisotopic (exact) mass is 393 g/mol. The Morgan fingerprint density at radius 1 is 1.14 bits per heavy atom. The number of rotatable bonds is 4. The number of hydrazine groups is 1. The summed E-state index contributed by atoms with van der Waals surface area (Å²) in [6.07, 6.45) is 5.50. The summed E-state index contributed by atoms with van der Waals surface area (Å²) >= 11 is 0. The van der Waals surface area contributed by atoms with Crippen LogP contribution in [0.25, 0.3) is 0 Å². The number of fused-ring (bicyclic) bond motifs is 1. The quantitative estimate of drug-likeness (QED) is 0.802. The van der Waals surface area contributed by atoms with Crippen LogP contribution < -0.4 is 15.5 Å². The molecule has 29 heavy (non-hydrogen) atoms. The van der Waals surface area contributed by atoms with Gasteiger partial charge in [0.05, 0.1) is 13.2 Å². The minimum absolute atomic E-state index is 0.188. The molecule has 0 saturated carbocycles. The van der Waals surface area contributed by atoms with Gasteiger partial charge in [-0.3, -0.25) is 10.6 Å². The predicted octanol–water partition coefficient (Wildman–Crippen LogP) is 3.86. The van der Waals surface area contributed by atoms with Crippen LogP contribution in [0.4, 0.5) is 5.69 Å². The van der Waals surface area contributed by atoms with E-state index < -0.39 is 0 Å². The Hall–Kier alpha value is -2.37. The van der Waals surface area contributed by atoms with Crippen molar-refractivity contribution < 1.29 is 9.53 Å². The van der Waals surface area contributed by atoms with E-state index in [0.717, 1.165) is 55.6 Å². The zero-order valence-corrected chi connectivity index (χ0v) is 17.4. The van der Waals surface area contributed by atoms with Gasteiger partial charge in [-0.05, 0) is 66.8 Å². The lowest BCUT2D eigenvalue weighted by Crippen LogP contribution is -2.44. The molecule has 2 aliphatic heterocycles. The third kappa shape index (κ3) is 4.02. The normalized spacial score (nSPS) is 22.9. The van der Waals surface area contributed by atoms with Crippen LogP contribution >= 0.6 is 0 Å². The highest BCUT2D eigenvalue weighted by molar-refractivity contribution is 5.94. The van der Waals surface area contributed by atoms with Gasteiger partial charge < -0.3 is 9.64 Å². The van der Waals surface area contributed by atoms with Gasteiger partial charge in [-0.25, -0.2) is 5.01 Å². The molecule has 5 nitrogen and oxygen atoms in total. The standard InChI is InChI=1S/C24H31N3O2/c1-26-21-15-20(22(29-2)16-18(21)10-6-12-23(26)28)14-19-11-7-13-27(25)24(19)17-8-4-3-5-9-17/h3-5,8-9,15-16,19,24H,6-7,10-14,25H2,1-2H3/t19-,24+/m0/s1. The maximum Gasteiger partial charge on any atom is 0.226 e. The number of carbonyl (C=O) groups excluding carboxylic acids is 1. The number of anilines is 1. The summed E-state index contributed by atoms with van der Waals surface area (Å²) in [7, 11) is 3.62. The third-order valence-corrected chi connectivity index (χ3v) is 6.47. The Kier molecular flexibility index (Phi) is 5.88. The fourth-order valence-corrected chi connectivity index (χ4v) is 4.96. The van der Waals surface area contributed by atoms with Crippen LogP contribution in [0.3, 0.4) is 0 Å². The topological polar surface area (TPSA) is 58.8 Å². The summed E-state index contributed by atoms with van der Waals surface area (Å²) in [4.78, 5) is 14.2. The number of hydrogen-bond donors (Lipinski definition) is 1. The lowest BCUT2D eigenvalue weighted by Gasteiger charge is -2.39. The first-order chi connectivity index (χ1) is 14.1. The second-order valence-corrected chi connectivity index (χ2v) is 8.30. The van der Waals surface area contributed by atoms with E-state index in [1.54, 1.807) is 7.11 Å². The molecule has 0 radical (unpaired) electrons. The van der Waals surface area contributed by atoms with E-state index in [4.69, 9.17) is 10.6 Å². The summed E-state index contributed by atoms with van der Waals surface area (Å²) < 4.78 is 5.78. The van der Waals surface area contributed by atoms with Crippen molar-refractivity contribution in [3.05, 3.63) is 59.2 Å². The fourth-order valence-electron chi connectivity index (χ4n) is 4.96. The third-order valence-electron chi connectivity index (χ3n) is 6.47. The van der Waals surface area contributed by atoms with Crippen molar-refractivity contribution in [2.45, 2.75) is 44.6 Å². The van der Waals surface area contributed by atoms with Gasteiger partial charge in [0.15, 0.2) is 0 Å². The van der Waals surface area contributed by atoms with Gasteiger partial charge in [-0.2, -0.15) is 0 Å². The van der Waals surface area contributed by atoms with E-state index in [2.05, 4.69) is 36.4 Å². The number of methoxy groups -OCH3 is 1. The van der Waals surface area contributed by atoms with E-state index in [9.17, 15) is 4.79 Å². The molecule has 5 heteroatoms. The largest absolute Gasteiger partial charge is 0.496 e. The SMILES string of the molecule is COc1cc2c(cc1C[C@@H]1CCCN(N)[C@@H]1c1ccccc1)N(C)C(=O)CCC2. The summed E-state index contributed by atoms with van der Waals surface area (Å²) in [5.74, 6) is 7.96. The molecule has 2 heterocycles. The molecule has 0 spiro atoms. The summed E-state index contributed by atoms with van der Waals surface area (Å²) in [6, 6.07) is 15.1. The highest BCUT2D eigenvalue weighted by atomic mass is 16.5. The molecule has 0 aromatic heterocycles. The number of amides is 1. The molecule has 2 N–H and O–H groups in total. The van der Waals surface area contributed by atoms with E-state index in [1.165, 1.54) is 11.1 Å². The van der Waals surface area contributed by atoms with Gasteiger partial charge in [0.2, 0.25) is 5.91 Å². The molecule has 2 aromatic rings. The van der Waals surface area contributed by atoms with Crippen LogP contribution in [-0.2, 0) is 17.6 Å². The molecule has 1 fully saturated rings. The van der Waals surface area contributed by atoms with E-state index in [-0.39, 0.29) is 11.9 Å². The van der Waals surface area contributed by atoms with Crippen molar-refractivity contribution in [3.8, 4) is 5.75 Å². The first-order valence-corrected chi connectivity index (χ1v) is 10.6. The lowest BCUT2D eigenvalue weighted by molar-refractivity contribution is -0.118. The minimum atomic E-state index is 0.188. The number of ether oxygens (including phenoxy) is 1. The average Bonchev–Trinajstić information content (AvgIpc) is 2.87. The zero-order valence-electron chi connectivity index (χ0n) is 17.4. The first kappa shape index (κ1) is 19.9. The highest BCUT2D eigenvalue weighted by Gasteiger charge is 2.32. The fraction of sp³-hybridized carbons (Fsp3) is 0.458. The molecule has 1 saturated heterocycles. The predicted molar refractivity (Wildman–Crippen MR) is 116 cm³/mol. The Labute approximate surface area is 173 Å². The molecule has 2 atom stereocenters. The first-order valence-electron chi connectivity index (χ1n) is 10.6. The smallest absolute Gasteiger partial charge is 0.226 e. The number of carbonyl (C=O) groups is 1. The zero-order chi connectivity index (χ0) is 20.4. The molecular formula is C24H31N3O2. The maximum atomic E-state index is 12.4. The number of nitrogens with zero attached hydrogens (tertiary/aromatic N) is 2. The van der Waals surface area contributed by atoms with Crippen molar-refractivity contribution in [3.63, 3.8) is 0 Å². The number of nitrogens with two attached hydrogens (primary N) is 1. The Morgan fingerprint density at radius 2 is 1.93 bits per heavy atom. The molecule has 1 amide bonds. The van der Waals surface area contributed by atoms with Crippen molar-refractivity contribution in [1.82, 2.24) is 5.01 Å². The lowest BCUT2D eigenvalue weighted by atomic mass is 9.81. The van der Waals surface area contributed by atoms with Crippen LogP contribution in [0.5, 0.6) is 5.75 Å². The summed E-state index contributed by atoms with van der Waals surface area (Å²) in [6.45, 7) is 0.911. The average molecular weight is 394 g/mol. The minimum Gasteiger partial charge on any atom is -0.496 e. The van der Waals surface area contributed by atoms with Gasteiger partial charge >= 0.3 is 0 Å². The van der Waals surface area contributed by atoms with E-state index in [0.29, 0.717) is 12.3 Å². The van der Waals surface area contributed by atoms with Crippen LogP contribution in [0.15, 0.2) is 42.5 Å². The van der Waals surface area contributed by atoms with Gasteiger partial charge in [-0.15, -0.1) is 0 Å². The van der Waals surface area contributed by atoms with Crippen LogP contribution in [0, 0.1) is 5.92 Å². The van der Waals surface area contributed by atoms with Crippen molar-refractivity contribution in [2.24, 2.45) is 11.8 Å². The van der Waals surface area contributed by atoms with Gasteiger partial charge in [0, 0.05) is 25.7 Å². The number of aryl methyl sites for hydroxylation is 1. The van der Waals surface area contributed by atoms with Crippen molar-refractivity contribution in [1.29, 1.82) is 0 Å². The molecule has 0 aliphatic carbocycles. The second-order valence-electron chi connectivity index (χ2n) is 8.30. The van der Waals surface area contributed by atoms with Crippen LogP contribution in [0.1, 0.15) is 48.4 Å². The van der Waals surface area contributed by atoms with Gasteiger partial charge in [-0.1, -0.05) is 30.3 Å². The molecule has 0 unspecified atom stereocenters. The van der Waals surface area contributed by atoms with E-state index in [1.807, 2.05) is 23.0 Å².